The molecule has 0 aliphatic carbocycles. The standard InChI is InChI=1S/C23H25FN4O/c1-29-19-6-4-5-17(13-19)20-14-26-23(25)27-22(20)21-7-2-3-12-28(21)15-16-8-10-18(24)11-9-16/h4-6,8-11,13-14,21H,2-3,7,12,15H2,1H3,(H2,25,26,27)/t21-/m1/s1. The first-order valence-corrected chi connectivity index (χ1v) is 9.89. The minimum atomic E-state index is -0.215. The fourth-order valence-corrected chi connectivity index (χ4v) is 3.99. The molecule has 1 aromatic heterocycles. The van der Waals surface area contributed by atoms with Crippen LogP contribution in [0.4, 0.5) is 10.3 Å². The summed E-state index contributed by atoms with van der Waals surface area (Å²) in [5.74, 6) is 0.851. The Morgan fingerprint density at radius 2 is 2.00 bits per heavy atom. The van der Waals surface area contributed by atoms with Crippen LogP contribution in [0.5, 0.6) is 5.75 Å². The molecule has 2 N–H and O–H groups in total. The third-order valence-corrected chi connectivity index (χ3v) is 5.45. The Hall–Kier alpha value is -2.99. The van der Waals surface area contributed by atoms with Crippen molar-refractivity contribution < 1.29 is 9.13 Å². The molecule has 1 aliphatic heterocycles. The van der Waals surface area contributed by atoms with Gasteiger partial charge in [0.1, 0.15) is 11.6 Å². The molecule has 1 fully saturated rings. The number of benzene rings is 2. The molecule has 0 unspecified atom stereocenters. The van der Waals surface area contributed by atoms with E-state index in [2.05, 4.69) is 14.9 Å². The van der Waals surface area contributed by atoms with Crippen molar-refractivity contribution in [3.05, 3.63) is 71.8 Å². The number of ether oxygens (including phenoxy) is 1. The minimum absolute atomic E-state index is 0.125. The zero-order chi connectivity index (χ0) is 20.2. The van der Waals surface area contributed by atoms with Crippen LogP contribution in [0.3, 0.4) is 0 Å². The molecular weight excluding hydrogens is 367 g/mol. The Bertz CT molecular complexity index is 977. The summed E-state index contributed by atoms with van der Waals surface area (Å²) in [5.41, 5.74) is 9.97. The van der Waals surface area contributed by atoms with Crippen molar-refractivity contribution in [3.63, 3.8) is 0 Å². The number of methoxy groups -OCH3 is 1. The number of anilines is 1. The first-order chi connectivity index (χ1) is 14.1. The van der Waals surface area contributed by atoms with Crippen LogP contribution in [0, 0.1) is 5.82 Å². The van der Waals surface area contributed by atoms with Crippen LogP contribution in [0.1, 0.15) is 36.6 Å². The van der Waals surface area contributed by atoms with Gasteiger partial charge in [-0.15, -0.1) is 0 Å². The highest BCUT2D eigenvalue weighted by Gasteiger charge is 2.28. The average Bonchev–Trinajstić information content (AvgIpc) is 2.76. The molecule has 29 heavy (non-hydrogen) atoms. The summed E-state index contributed by atoms with van der Waals surface area (Å²) in [4.78, 5) is 11.3. The van der Waals surface area contributed by atoms with Gasteiger partial charge in [-0.2, -0.15) is 0 Å². The fourth-order valence-electron chi connectivity index (χ4n) is 3.99. The molecule has 150 valence electrons. The lowest BCUT2D eigenvalue weighted by Gasteiger charge is -2.36. The van der Waals surface area contributed by atoms with E-state index in [0.717, 1.165) is 60.5 Å². The Morgan fingerprint density at radius 1 is 1.17 bits per heavy atom. The molecule has 2 aromatic carbocycles. The number of halogens is 1. The Morgan fingerprint density at radius 3 is 2.79 bits per heavy atom. The predicted octanol–water partition coefficient (Wildman–Crippen LogP) is 4.60. The molecule has 0 bridgehead atoms. The first-order valence-electron chi connectivity index (χ1n) is 9.89. The number of aromatic nitrogens is 2. The molecule has 5 nitrogen and oxygen atoms in total. The van der Waals surface area contributed by atoms with Crippen molar-refractivity contribution in [2.24, 2.45) is 0 Å². The van der Waals surface area contributed by atoms with E-state index in [9.17, 15) is 4.39 Å². The summed E-state index contributed by atoms with van der Waals surface area (Å²) in [6, 6.07) is 14.8. The van der Waals surface area contributed by atoms with Gasteiger partial charge in [-0.1, -0.05) is 30.7 Å². The highest BCUT2D eigenvalue weighted by atomic mass is 19.1. The zero-order valence-corrected chi connectivity index (χ0v) is 16.5. The number of rotatable bonds is 5. The molecule has 2 heterocycles. The Kier molecular flexibility index (Phi) is 5.71. The van der Waals surface area contributed by atoms with Crippen LogP contribution in [0.2, 0.25) is 0 Å². The highest BCUT2D eigenvalue weighted by Crippen LogP contribution is 2.37. The molecule has 4 rings (SSSR count). The predicted molar refractivity (Wildman–Crippen MR) is 112 cm³/mol. The van der Waals surface area contributed by atoms with E-state index in [1.807, 2.05) is 36.4 Å². The van der Waals surface area contributed by atoms with Crippen LogP contribution in [0.25, 0.3) is 11.1 Å². The van der Waals surface area contributed by atoms with Crippen molar-refractivity contribution in [2.45, 2.75) is 31.8 Å². The van der Waals surface area contributed by atoms with E-state index in [0.29, 0.717) is 0 Å². The van der Waals surface area contributed by atoms with E-state index in [1.54, 1.807) is 13.3 Å². The molecule has 0 amide bonds. The molecular formula is C23H25FN4O. The lowest BCUT2D eigenvalue weighted by atomic mass is 9.93. The van der Waals surface area contributed by atoms with E-state index >= 15 is 0 Å². The summed E-state index contributed by atoms with van der Waals surface area (Å²) < 4.78 is 18.7. The molecule has 3 aromatic rings. The first kappa shape index (κ1) is 19.3. The third kappa shape index (κ3) is 4.38. The van der Waals surface area contributed by atoms with E-state index in [-0.39, 0.29) is 17.8 Å². The van der Waals surface area contributed by atoms with Crippen molar-refractivity contribution >= 4 is 5.95 Å². The lowest BCUT2D eigenvalue weighted by molar-refractivity contribution is 0.137. The van der Waals surface area contributed by atoms with Gasteiger partial charge in [-0.05, 0) is 54.8 Å². The van der Waals surface area contributed by atoms with Crippen LogP contribution < -0.4 is 10.5 Å². The number of likely N-dealkylation sites (tertiary alicyclic amines) is 1. The van der Waals surface area contributed by atoms with Crippen molar-refractivity contribution in [1.29, 1.82) is 0 Å². The largest absolute Gasteiger partial charge is 0.497 e. The summed E-state index contributed by atoms with van der Waals surface area (Å²) in [7, 11) is 1.66. The topological polar surface area (TPSA) is 64.3 Å². The second-order valence-corrected chi connectivity index (χ2v) is 7.37. The van der Waals surface area contributed by atoms with E-state index in [4.69, 9.17) is 10.5 Å². The summed E-state index contributed by atoms with van der Waals surface area (Å²) in [6.07, 6.45) is 5.06. The van der Waals surface area contributed by atoms with Gasteiger partial charge >= 0.3 is 0 Å². The fraction of sp³-hybridized carbons (Fsp3) is 0.304. The van der Waals surface area contributed by atoms with Crippen molar-refractivity contribution in [2.75, 3.05) is 19.4 Å². The number of hydrogen-bond donors (Lipinski definition) is 1. The number of hydrogen-bond acceptors (Lipinski definition) is 5. The minimum Gasteiger partial charge on any atom is -0.497 e. The van der Waals surface area contributed by atoms with Gasteiger partial charge in [0.05, 0.1) is 18.8 Å². The van der Waals surface area contributed by atoms with Gasteiger partial charge in [-0.3, -0.25) is 4.90 Å². The number of nitrogen functional groups attached to an aromatic ring is 1. The Labute approximate surface area is 170 Å². The van der Waals surface area contributed by atoms with Gasteiger partial charge in [0.2, 0.25) is 5.95 Å². The van der Waals surface area contributed by atoms with Crippen molar-refractivity contribution in [1.82, 2.24) is 14.9 Å². The number of nitrogens with two attached hydrogens (primary N) is 1. The zero-order valence-electron chi connectivity index (χ0n) is 16.5. The van der Waals surface area contributed by atoms with Gasteiger partial charge in [-0.25, -0.2) is 14.4 Å². The maximum absolute atomic E-state index is 13.3. The maximum Gasteiger partial charge on any atom is 0.220 e. The molecule has 0 spiro atoms. The quantitative estimate of drug-likeness (QED) is 0.687. The second kappa shape index (κ2) is 8.57. The molecule has 0 radical (unpaired) electrons. The Balaban J connectivity index is 1.71. The van der Waals surface area contributed by atoms with Crippen LogP contribution in [-0.2, 0) is 6.54 Å². The molecule has 6 heteroatoms. The SMILES string of the molecule is COc1cccc(-c2cnc(N)nc2[C@H]2CCCCN2Cc2ccc(F)cc2)c1. The van der Waals surface area contributed by atoms with E-state index < -0.39 is 0 Å². The monoisotopic (exact) mass is 392 g/mol. The second-order valence-electron chi connectivity index (χ2n) is 7.37. The van der Waals surface area contributed by atoms with Crippen LogP contribution in [0.15, 0.2) is 54.7 Å². The average molecular weight is 392 g/mol. The van der Waals surface area contributed by atoms with Gasteiger partial charge in [0.25, 0.3) is 0 Å². The van der Waals surface area contributed by atoms with Gasteiger partial charge in [0, 0.05) is 18.3 Å². The van der Waals surface area contributed by atoms with Crippen LogP contribution >= 0.6 is 0 Å². The van der Waals surface area contributed by atoms with Crippen molar-refractivity contribution in [3.8, 4) is 16.9 Å². The highest BCUT2D eigenvalue weighted by molar-refractivity contribution is 5.67. The molecule has 1 saturated heterocycles. The number of piperidine rings is 1. The van der Waals surface area contributed by atoms with E-state index in [1.165, 1.54) is 12.1 Å². The van der Waals surface area contributed by atoms with Gasteiger partial charge in [0.15, 0.2) is 0 Å². The lowest BCUT2D eigenvalue weighted by Crippen LogP contribution is -2.34. The number of nitrogens with zero attached hydrogens (tertiary/aromatic N) is 3. The maximum atomic E-state index is 13.3. The van der Waals surface area contributed by atoms with Gasteiger partial charge < -0.3 is 10.5 Å². The summed E-state index contributed by atoms with van der Waals surface area (Å²) in [6.45, 7) is 1.70. The third-order valence-electron chi connectivity index (χ3n) is 5.45. The molecule has 1 aliphatic rings. The normalized spacial score (nSPS) is 17.2. The summed E-state index contributed by atoms with van der Waals surface area (Å²) >= 11 is 0. The molecule has 1 atom stereocenters. The smallest absolute Gasteiger partial charge is 0.220 e. The summed E-state index contributed by atoms with van der Waals surface area (Å²) in [5, 5.41) is 0. The van der Waals surface area contributed by atoms with Crippen LogP contribution in [-0.4, -0.2) is 28.5 Å². The molecule has 0 saturated carbocycles.